The Labute approximate surface area is 140 Å². The van der Waals surface area contributed by atoms with Crippen molar-refractivity contribution in [1.82, 2.24) is 0 Å². The van der Waals surface area contributed by atoms with E-state index in [0.29, 0.717) is 11.3 Å². The second-order valence-electron chi connectivity index (χ2n) is 5.18. The van der Waals surface area contributed by atoms with Crippen LogP contribution in [-0.4, -0.2) is 5.97 Å². The fourth-order valence-electron chi connectivity index (χ4n) is 2.31. The molecule has 116 valence electrons. The number of hydrogen-bond acceptors (Lipinski definition) is 4. The van der Waals surface area contributed by atoms with E-state index < -0.39 is 5.63 Å². The molecule has 0 N–H and O–H groups in total. The van der Waals surface area contributed by atoms with Crippen LogP contribution in [0.25, 0.3) is 11.0 Å². The minimum absolute atomic E-state index is 0.170. The molecule has 3 rings (SSSR count). The quantitative estimate of drug-likeness (QED) is 0.396. The third-order valence-electron chi connectivity index (χ3n) is 3.42. The summed E-state index contributed by atoms with van der Waals surface area (Å²) in [7, 11) is 0. The molecule has 1 aromatic heterocycles. The van der Waals surface area contributed by atoms with Crippen LogP contribution < -0.4 is 10.4 Å². The summed E-state index contributed by atoms with van der Waals surface area (Å²) in [5, 5.41) is 0.817. The maximum atomic E-state index is 12.0. The smallest absolute Gasteiger partial charge is 0.336 e. The number of halogens is 1. The van der Waals surface area contributed by atoms with E-state index in [9.17, 15) is 9.59 Å². The van der Waals surface area contributed by atoms with E-state index >= 15 is 0 Å². The molecule has 0 unspecified atom stereocenters. The molecule has 0 amide bonds. The van der Waals surface area contributed by atoms with Crippen molar-refractivity contribution in [1.29, 1.82) is 0 Å². The van der Waals surface area contributed by atoms with Crippen LogP contribution in [0.4, 0.5) is 0 Å². The van der Waals surface area contributed by atoms with E-state index in [2.05, 4.69) is 15.9 Å². The number of benzene rings is 2. The van der Waals surface area contributed by atoms with E-state index in [0.717, 1.165) is 21.0 Å². The fraction of sp³-hybridized carbons (Fsp3) is 0.111. The Bertz CT molecular complexity index is 926. The number of rotatable bonds is 3. The van der Waals surface area contributed by atoms with Gasteiger partial charge in [-0.2, -0.15) is 0 Å². The Hall–Kier alpha value is -2.40. The van der Waals surface area contributed by atoms with Gasteiger partial charge in [-0.15, -0.1) is 0 Å². The van der Waals surface area contributed by atoms with Crippen molar-refractivity contribution >= 4 is 32.9 Å². The fourth-order valence-corrected chi connectivity index (χ4v) is 2.57. The average molecular weight is 373 g/mol. The van der Waals surface area contributed by atoms with Gasteiger partial charge in [-0.1, -0.05) is 28.1 Å². The number of aryl methyl sites for hydroxylation is 1. The van der Waals surface area contributed by atoms with E-state index in [1.165, 1.54) is 6.07 Å². The zero-order valence-corrected chi connectivity index (χ0v) is 13.9. The summed E-state index contributed by atoms with van der Waals surface area (Å²) in [6, 6.07) is 13.9. The normalized spacial score (nSPS) is 10.7. The van der Waals surface area contributed by atoms with E-state index in [1.807, 2.05) is 31.2 Å². The van der Waals surface area contributed by atoms with E-state index in [-0.39, 0.29) is 12.4 Å². The molecule has 0 bridgehead atoms. The topological polar surface area (TPSA) is 56.5 Å². The Morgan fingerprint density at radius 2 is 1.87 bits per heavy atom. The highest BCUT2D eigenvalue weighted by molar-refractivity contribution is 9.10. The van der Waals surface area contributed by atoms with E-state index in [4.69, 9.17) is 9.15 Å². The van der Waals surface area contributed by atoms with Crippen molar-refractivity contribution in [2.45, 2.75) is 13.3 Å². The summed E-state index contributed by atoms with van der Waals surface area (Å²) in [5.41, 5.74) is 1.67. The van der Waals surface area contributed by atoms with Gasteiger partial charge in [-0.3, -0.25) is 4.79 Å². The van der Waals surface area contributed by atoms with Gasteiger partial charge < -0.3 is 9.15 Å². The molecule has 1 heterocycles. The van der Waals surface area contributed by atoms with Crippen LogP contribution in [0.15, 0.2) is 62.2 Å². The van der Waals surface area contributed by atoms with Gasteiger partial charge in [0.25, 0.3) is 0 Å². The monoisotopic (exact) mass is 372 g/mol. The molecule has 0 aliphatic carbocycles. The lowest BCUT2D eigenvalue weighted by Crippen LogP contribution is -2.11. The van der Waals surface area contributed by atoms with Crippen LogP contribution in [0.5, 0.6) is 5.75 Å². The van der Waals surface area contributed by atoms with Crippen LogP contribution in [0.3, 0.4) is 0 Å². The number of carbonyl (C=O) groups is 1. The van der Waals surface area contributed by atoms with Crippen molar-refractivity contribution < 1.29 is 13.9 Å². The minimum atomic E-state index is -0.423. The molecule has 2 aromatic carbocycles. The van der Waals surface area contributed by atoms with Gasteiger partial charge >= 0.3 is 11.6 Å². The third kappa shape index (κ3) is 3.68. The number of esters is 1. The molecule has 3 aromatic rings. The molecule has 0 fully saturated rings. The predicted octanol–water partition coefficient (Wildman–Crippen LogP) is 4.01. The maximum absolute atomic E-state index is 12.0. The molecule has 0 radical (unpaired) electrons. The molecule has 0 spiro atoms. The van der Waals surface area contributed by atoms with Gasteiger partial charge in [0, 0.05) is 22.0 Å². The molecule has 0 atom stereocenters. The predicted molar refractivity (Wildman–Crippen MR) is 90.7 cm³/mol. The van der Waals surface area contributed by atoms with Gasteiger partial charge in [0.15, 0.2) is 0 Å². The van der Waals surface area contributed by atoms with Crippen LogP contribution >= 0.6 is 15.9 Å². The number of carbonyl (C=O) groups excluding carboxylic acids is 1. The first kappa shape index (κ1) is 15.5. The molecule has 0 aliphatic heterocycles. The van der Waals surface area contributed by atoms with E-state index in [1.54, 1.807) is 18.2 Å². The van der Waals surface area contributed by atoms with Crippen LogP contribution in [0, 0.1) is 6.92 Å². The van der Waals surface area contributed by atoms with Crippen molar-refractivity contribution in [3.05, 3.63) is 74.6 Å². The van der Waals surface area contributed by atoms with Crippen molar-refractivity contribution in [3.63, 3.8) is 0 Å². The summed E-state index contributed by atoms with van der Waals surface area (Å²) in [6.45, 7) is 1.83. The standard InChI is InChI=1S/C18H13BrO4/c1-11-8-17(20)23-16-10-14(6-7-15(11)16)22-18(21)9-12-2-4-13(19)5-3-12/h2-8,10H,9H2,1H3. The van der Waals surface area contributed by atoms with Crippen LogP contribution in [-0.2, 0) is 11.2 Å². The number of hydrogen-bond donors (Lipinski definition) is 0. The van der Waals surface area contributed by atoms with Crippen molar-refractivity contribution in [2.24, 2.45) is 0 Å². The summed E-state index contributed by atoms with van der Waals surface area (Å²) in [5.74, 6) is -0.0185. The molecule has 23 heavy (non-hydrogen) atoms. The Balaban J connectivity index is 1.79. The molecule has 0 saturated carbocycles. The average Bonchev–Trinajstić information content (AvgIpc) is 2.49. The van der Waals surface area contributed by atoms with Crippen LogP contribution in [0.2, 0.25) is 0 Å². The number of fused-ring (bicyclic) bond motifs is 1. The first-order chi connectivity index (χ1) is 11.0. The second kappa shape index (κ2) is 6.38. The lowest BCUT2D eigenvalue weighted by molar-refractivity contribution is -0.133. The lowest BCUT2D eigenvalue weighted by Gasteiger charge is -2.06. The SMILES string of the molecule is Cc1cc(=O)oc2cc(OC(=O)Cc3ccc(Br)cc3)ccc12. The first-order valence-corrected chi connectivity index (χ1v) is 7.80. The van der Waals surface area contributed by atoms with Gasteiger partial charge in [0.05, 0.1) is 6.42 Å². The third-order valence-corrected chi connectivity index (χ3v) is 3.94. The Morgan fingerprint density at radius 1 is 1.13 bits per heavy atom. The molecule has 5 heteroatoms. The van der Waals surface area contributed by atoms with Gasteiger partial charge in [0.2, 0.25) is 0 Å². The summed E-state index contributed by atoms with van der Waals surface area (Å²) in [6.07, 6.45) is 0.170. The maximum Gasteiger partial charge on any atom is 0.336 e. The van der Waals surface area contributed by atoms with Crippen LogP contribution in [0.1, 0.15) is 11.1 Å². The Morgan fingerprint density at radius 3 is 2.61 bits per heavy atom. The number of ether oxygens (including phenoxy) is 1. The van der Waals surface area contributed by atoms with Crippen molar-refractivity contribution in [2.75, 3.05) is 0 Å². The van der Waals surface area contributed by atoms with Gasteiger partial charge in [0.1, 0.15) is 11.3 Å². The van der Waals surface area contributed by atoms with Gasteiger partial charge in [-0.25, -0.2) is 4.79 Å². The molecular formula is C18H13BrO4. The highest BCUT2D eigenvalue weighted by Gasteiger charge is 2.09. The highest BCUT2D eigenvalue weighted by atomic mass is 79.9. The zero-order valence-electron chi connectivity index (χ0n) is 12.3. The molecule has 4 nitrogen and oxygen atoms in total. The summed E-state index contributed by atoms with van der Waals surface area (Å²) >= 11 is 3.35. The van der Waals surface area contributed by atoms with Crippen molar-refractivity contribution in [3.8, 4) is 5.75 Å². The molecule has 0 saturated heterocycles. The highest BCUT2D eigenvalue weighted by Crippen LogP contribution is 2.22. The minimum Gasteiger partial charge on any atom is -0.426 e. The second-order valence-corrected chi connectivity index (χ2v) is 6.10. The first-order valence-electron chi connectivity index (χ1n) is 7.01. The largest absolute Gasteiger partial charge is 0.426 e. The van der Waals surface area contributed by atoms with Gasteiger partial charge in [-0.05, 0) is 42.3 Å². The zero-order chi connectivity index (χ0) is 16.4. The molecule has 0 aliphatic rings. The summed E-state index contributed by atoms with van der Waals surface area (Å²) in [4.78, 5) is 23.4. The lowest BCUT2D eigenvalue weighted by atomic mass is 10.1. The Kier molecular flexibility index (Phi) is 4.30. The summed E-state index contributed by atoms with van der Waals surface area (Å²) < 4.78 is 11.4. The molecular weight excluding hydrogens is 360 g/mol.